The second-order valence-corrected chi connectivity index (χ2v) is 9.61. The summed E-state index contributed by atoms with van der Waals surface area (Å²) < 4.78 is 44.2. The van der Waals surface area contributed by atoms with Gasteiger partial charge in [-0.25, -0.2) is 4.98 Å². The Hall–Kier alpha value is -4.16. The third-order valence-corrected chi connectivity index (χ3v) is 6.26. The molecule has 1 saturated carbocycles. The second-order valence-electron chi connectivity index (χ2n) is 9.61. The summed E-state index contributed by atoms with van der Waals surface area (Å²) in [5.41, 5.74) is 1.08. The third-order valence-electron chi connectivity index (χ3n) is 6.26. The maximum Gasteiger partial charge on any atom is 0.573 e. The Labute approximate surface area is 223 Å². The number of carbonyl (C=O) groups excluding carboxylic acids is 2. The van der Waals surface area contributed by atoms with Crippen molar-refractivity contribution >= 4 is 17.8 Å². The lowest BCUT2D eigenvalue weighted by Gasteiger charge is -2.16. The zero-order valence-electron chi connectivity index (χ0n) is 22.3. The summed E-state index contributed by atoms with van der Waals surface area (Å²) in [6.45, 7) is 4.10. The van der Waals surface area contributed by atoms with Gasteiger partial charge in [-0.1, -0.05) is 0 Å². The molecule has 1 atom stereocenters. The molecule has 1 aliphatic carbocycles. The Morgan fingerprint density at radius 3 is 2.44 bits per heavy atom. The number of ether oxygens (including phenoxy) is 1. The Kier molecular flexibility index (Phi) is 7.79. The number of pyridine rings is 1. The molecule has 1 aliphatic rings. The number of carbonyl (C=O) groups is 2. The number of halogens is 3. The van der Waals surface area contributed by atoms with Crippen molar-refractivity contribution in [3.63, 3.8) is 0 Å². The molecule has 0 unspecified atom stereocenters. The standard InChI is InChI=1S/C26H30F3N7O3/c1-6-35(5)24(38)17-9-10-21(30-14-17)36-22(32-25(33-36)34(3)4)15(2)31-23(37)19-11-18(16-7-8-16)12-20(13-19)39-26(27,28)29/h9-16H,6-8H2,1-5H3,(H,31,37)/t15-/m0/s1. The fourth-order valence-corrected chi connectivity index (χ4v) is 3.90. The number of nitrogens with one attached hydrogen (secondary N) is 1. The van der Waals surface area contributed by atoms with Crippen molar-refractivity contribution in [1.82, 2.24) is 30.0 Å². The third kappa shape index (κ3) is 6.65. The maximum atomic E-state index is 13.2. The van der Waals surface area contributed by atoms with Gasteiger partial charge in [0, 0.05) is 39.4 Å². The van der Waals surface area contributed by atoms with Crippen molar-refractivity contribution in [3.8, 4) is 11.6 Å². The van der Waals surface area contributed by atoms with Crippen molar-refractivity contribution in [3.05, 3.63) is 59.0 Å². The highest BCUT2D eigenvalue weighted by molar-refractivity contribution is 5.95. The van der Waals surface area contributed by atoms with Gasteiger partial charge in [0.1, 0.15) is 5.75 Å². The molecule has 39 heavy (non-hydrogen) atoms. The molecule has 10 nitrogen and oxygen atoms in total. The van der Waals surface area contributed by atoms with Crippen LogP contribution >= 0.6 is 0 Å². The minimum absolute atomic E-state index is 0.0467. The van der Waals surface area contributed by atoms with Gasteiger partial charge in [-0.05, 0) is 68.5 Å². The normalized spacial score (nSPS) is 14.1. The van der Waals surface area contributed by atoms with E-state index in [1.165, 1.54) is 16.9 Å². The molecule has 2 amide bonds. The van der Waals surface area contributed by atoms with Crippen LogP contribution in [0.25, 0.3) is 5.82 Å². The number of alkyl halides is 3. The van der Waals surface area contributed by atoms with E-state index in [1.807, 2.05) is 6.92 Å². The average Bonchev–Trinajstić information content (AvgIpc) is 3.64. The molecule has 0 bridgehead atoms. The topological polar surface area (TPSA) is 105 Å². The van der Waals surface area contributed by atoms with Crippen LogP contribution in [0.2, 0.25) is 0 Å². The van der Waals surface area contributed by atoms with Crippen molar-refractivity contribution in [2.75, 3.05) is 32.6 Å². The van der Waals surface area contributed by atoms with Gasteiger partial charge in [-0.3, -0.25) is 9.59 Å². The van der Waals surface area contributed by atoms with Crippen molar-refractivity contribution in [1.29, 1.82) is 0 Å². The second kappa shape index (κ2) is 10.9. The summed E-state index contributed by atoms with van der Waals surface area (Å²) in [5.74, 6) is -0.0182. The fourth-order valence-electron chi connectivity index (χ4n) is 3.90. The number of aromatic nitrogens is 4. The number of rotatable bonds is 9. The van der Waals surface area contributed by atoms with Gasteiger partial charge in [0.25, 0.3) is 11.8 Å². The number of anilines is 1. The van der Waals surface area contributed by atoms with Crippen LogP contribution in [0.5, 0.6) is 5.75 Å². The molecule has 4 rings (SSSR count). The van der Waals surface area contributed by atoms with Crippen LogP contribution in [-0.4, -0.2) is 70.5 Å². The van der Waals surface area contributed by atoms with Gasteiger partial charge in [-0.15, -0.1) is 18.3 Å². The number of nitrogens with zero attached hydrogens (tertiary/aromatic N) is 6. The monoisotopic (exact) mass is 545 g/mol. The molecule has 208 valence electrons. The zero-order chi connectivity index (χ0) is 28.5. The molecule has 3 aromatic rings. The fraction of sp³-hybridized carbons (Fsp3) is 0.423. The Morgan fingerprint density at radius 2 is 1.87 bits per heavy atom. The highest BCUT2D eigenvalue weighted by atomic mass is 19.4. The summed E-state index contributed by atoms with van der Waals surface area (Å²) in [7, 11) is 5.21. The minimum Gasteiger partial charge on any atom is -0.406 e. The van der Waals surface area contributed by atoms with E-state index in [-0.39, 0.29) is 17.4 Å². The lowest BCUT2D eigenvalue weighted by atomic mass is 10.1. The summed E-state index contributed by atoms with van der Waals surface area (Å²) in [5, 5.41) is 7.28. The molecule has 2 heterocycles. The molecule has 0 aliphatic heterocycles. The molecule has 0 saturated heterocycles. The predicted octanol–water partition coefficient (Wildman–Crippen LogP) is 4.09. The minimum atomic E-state index is -4.87. The smallest absolute Gasteiger partial charge is 0.406 e. The van der Waals surface area contributed by atoms with Gasteiger partial charge < -0.3 is 19.9 Å². The van der Waals surface area contributed by atoms with Gasteiger partial charge in [-0.2, -0.15) is 9.67 Å². The van der Waals surface area contributed by atoms with Gasteiger partial charge >= 0.3 is 6.36 Å². The first-order chi connectivity index (χ1) is 18.4. The van der Waals surface area contributed by atoms with Gasteiger partial charge in [0.2, 0.25) is 5.95 Å². The molecule has 0 radical (unpaired) electrons. The maximum absolute atomic E-state index is 13.2. The molecular formula is C26H30F3N7O3. The number of benzene rings is 1. The summed E-state index contributed by atoms with van der Waals surface area (Å²) in [4.78, 5) is 37.8. The molecule has 0 spiro atoms. The zero-order valence-corrected chi connectivity index (χ0v) is 22.3. The van der Waals surface area contributed by atoms with E-state index >= 15 is 0 Å². The Balaban J connectivity index is 1.61. The van der Waals surface area contributed by atoms with Crippen LogP contribution in [0.4, 0.5) is 19.1 Å². The molecule has 13 heteroatoms. The number of hydrogen-bond acceptors (Lipinski definition) is 7. The molecule has 1 fully saturated rings. The van der Waals surface area contributed by atoms with Crippen molar-refractivity contribution in [2.24, 2.45) is 0 Å². The summed E-state index contributed by atoms with van der Waals surface area (Å²) in [6, 6.07) is 6.54. The van der Waals surface area contributed by atoms with E-state index in [0.717, 1.165) is 18.9 Å². The van der Waals surface area contributed by atoms with Gasteiger partial charge in [0.15, 0.2) is 11.6 Å². The molecule has 1 N–H and O–H groups in total. The van der Waals surface area contributed by atoms with Crippen LogP contribution < -0.4 is 15.0 Å². The van der Waals surface area contributed by atoms with E-state index in [2.05, 4.69) is 25.1 Å². The van der Waals surface area contributed by atoms with Gasteiger partial charge in [0.05, 0.1) is 11.6 Å². The van der Waals surface area contributed by atoms with E-state index in [4.69, 9.17) is 0 Å². The quantitative estimate of drug-likeness (QED) is 0.432. The first-order valence-electron chi connectivity index (χ1n) is 12.4. The predicted molar refractivity (Wildman–Crippen MR) is 137 cm³/mol. The van der Waals surface area contributed by atoms with Crippen molar-refractivity contribution in [2.45, 2.75) is 45.0 Å². The van der Waals surface area contributed by atoms with E-state index in [1.54, 1.807) is 56.1 Å². The van der Waals surface area contributed by atoms with Crippen LogP contribution in [0.1, 0.15) is 70.8 Å². The van der Waals surface area contributed by atoms with E-state index in [9.17, 15) is 22.8 Å². The van der Waals surface area contributed by atoms with Crippen LogP contribution in [0.3, 0.4) is 0 Å². The highest BCUT2D eigenvalue weighted by Crippen LogP contribution is 2.42. The Bertz CT molecular complexity index is 1350. The van der Waals surface area contributed by atoms with Crippen molar-refractivity contribution < 1.29 is 27.5 Å². The highest BCUT2D eigenvalue weighted by Gasteiger charge is 2.33. The SMILES string of the molecule is CCN(C)C(=O)c1ccc(-n2nc(N(C)C)nc2[C@H](C)NC(=O)c2cc(OC(F)(F)F)cc(C3CC3)c2)nc1. The molecule has 1 aromatic carbocycles. The Morgan fingerprint density at radius 1 is 1.15 bits per heavy atom. The lowest BCUT2D eigenvalue weighted by Crippen LogP contribution is -2.29. The van der Waals surface area contributed by atoms with Crippen LogP contribution in [0, 0.1) is 0 Å². The average molecular weight is 546 g/mol. The molecular weight excluding hydrogens is 515 g/mol. The van der Waals surface area contributed by atoms with Crippen LogP contribution in [0.15, 0.2) is 36.5 Å². The largest absolute Gasteiger partial charge is 0.573 e. The van der Waals surface area contributed by atoms with Crippen LogP contribution in [-0.2, 0) is 0 Å². The summed E-state index contributed by atoms with van der Waals surface area (Å²) >= 11 is 0. The van der Waals surface area contributed by atoms with E-state index in [0.29, 0.717) is 35.3 Å². The molecule has 2 aromatic heterocycles. The summed E-state index contributed by atoms with van der Waals surface area (Å²) in [6.07, 6.45) is -1.74. The van der Waals surface area contributed by atoms with E-state index < -0.39 is 24.1 Å². The lowest BCUT2D eigenvalue weighted by molar-refractivity contribution is -0.274. The first-order valence-corrected chi connectivity index (χ1v) is 12.4. The first kappa shape index (κ1) is 27.9. The number of hydrogen-bond donors (Lipinski definition) is 1. The number of amides is 2.